The minimum atomic E-state index is 0.635. The molecule has 0 atom stereocenters. The normalized spacial score (nSPS) is 19.0. The fourth-order valence-corrected chi connectivity index (χ4v) is 3.65. The van der Waals surface area contributed by atoms with Gasteiger partial charge >= 0.3 is 0 Å². The van der Waals surface area contributed by atoms with E-state index in [4.69, 9.17) is 17.3 Å². The Hall–Kier alpha value is -1.66. The van der Waals surface area contributed by atoms with E-state index in [1.807, 2.05) is 4.68 Å². The lowest BCUT2D eigenvalue weighted by Gasteiger charge is -2.36. The van der Waals surface area contributed by atoms with Crippen LogP contribution in [0, 0.1) is 11.7 Å². The molecule has 2 aliphatic rings. The Bertz CT molecular complexity index is 781. The molecule has 2 fully saturated rings. The van der Waals surface area contributed by atoms with Crippen LogP contribution in [0.15, 0.2) is 24.3 Å². The molecule has 128 valence electrons. The van der Waals surface area contributed by atoms with Crippen LogP contribution in [0.25, 0.3) is 0 Å². The van der Waals surface area contributed by atoms with Gasteiger partial charge in [-0.25, -0.2) is 4.68 Å². The van der Waals surface area contributed by atoms with E-state index < -0.39 is 0 Å². The Morgan fingerprint density at radius 1 is 1.17 bits per heavy atom. The maximum absolute atomic E-state index is 5.57. The zero-order valence-corrected chi connectivity index (χ0v) is 15.3. The van der Waals surface area contributed by atoms with E-state index in [2.05, 4.69) is 52.6 Å². The van der Waals surface area contributed by atoms with Crippen molar-refractivity contribution in [2.45, 2.75) is 32.4 Å². The standard InChI is InChI=1S/C18H25N5S/c1-14-4-3-5-16(12-14)22-10-8-21(9-11-22)13-23-18(24)20(2)17(19-23)15-6-7-15/h3-5,12,15H,6-11,13H2,1-2H3. The third-order valence-corrected chi connectivity index (χ3v) is 5.57. The molecule has 1 aliphatic heterocycles. The molecular weight excluding hydrogens is 318 g/mol. The van der Waals surface area contributed by atoms with E-state index in [9.17, 15) is 0 Å². The van der Waals surface area contributed by atoms with E-state index in [-0.39, 0.29) is 0 Å². The van der Waals surface area contributed by atoms with Crippen LogP contribution in [-0.2, 0) is 13.7 Å². The molecule has 24 heavy (non-hydrogen) atoms. The third kappa shape index (κ3) is 3.13. The van der Waals surface area contributed by atoms with Crippen molar-refractivity contribution in [3.05, 3.63) is 40.4 Å². The number of aromatic nitrogens is 3. The van der Waals surface area contributed by atoms with Crippen molar-refractivity contribution in [3.8, 4) is 0 Å². The summed E-state index contributed by atoms with van der Waals surface area (Å²) in [5.74, 6) is 1.80. The van der Waals surface area contributed by atoms with Crippen molar-refractivity contribution in [2.75, 3.05) is 31.1 Å². The summed E-state index contributed by atoms with van der Waals surface area (Å²) in [6.07, 6.45) is 2.52. The van der Waals surface area contributed by atoms with Crippen LogP contribution in [0.5, 0.6) is 0 Å². The number of hydrogen-bond acceptors (Lipinski definition) is 4. The first kappa shape index (κ1) is 15.8. The second-order valence-electron chi connectivity index (χ2n) is 7.06. The van der Waals surface area contributed by atoms with Crippen LogP contribution in [-0.4, -0.2) is 45.4 Å². The molecule has 1 aromatic carbocycles. The lowest BCUT2D eigenvalue weighted by atomic mass is 10.2. The number of nitrogens with zero attached hydrogens (tertiary/aromatic N) is 5. The molecule has 2 aromatic rings. The predicted octanol–water partition coefficient (Wildman–Crippen LogP) is 2.92. The summed E-state index contributed by atoms with van der Waals surface area (Å²) in [6, 6.07) is 8.77. The molecule has 0 N–H and O–H groups in total. The van der Waals surface area contributed by atoms with Gasteiger partial charge in [0.05, 0.1) is 6.67 Å². The average Bonchev–Trinajstić information content (AvgIpc) is 3.39. The number of hydrogen-bond donors (Lipinski definition) is 0. The van der Waals surface area contributed by atoms with Gasteiger partial charge in [-0.1, -0.05) is 12.1 Å². The first-order valence-corrected chi connectivity index (χ1v) is 9.20. The second kappa shape index (κ2) is 6.33. The van der Waals surface area contributed by atoms with Crippen LogP contribution < -0.4 is 4.90 Å². The van der Waals surface area contributed by atoms with Crippen LogP contribution >= 0.6 is 12.2 Å². The molecule has 4 rings (SSSR count). The lowest BCUT2D eigenvalue weighted by Crippen LogP contribution is -2.47. The van der Waals surface area contributed by atoms with Crippen molar-refractivity contribution in [3.63, 3.8) is 0 Å². The summed E-state index contributed by atoms with van der Waals surface area (Å²) < 4.78 is 4.94. The Morgan fingerprint density at radius 2 is 1.92 bits per heavy atom. The largest absolute Gasteiger partial charge is 0.369 e. The Labute approximate surface area is 148 Å². The van der Waals surface area contributed by atoms with Crippen LogP contribution in [0.3, 0.4) is 0 Å². The average molecular weight is 344 g/mol. The van der Waals surface area contributed by atoms with Gasteiger partial charge in [0.25, 0.3) is 0 Å². The number of rotatable bonds is 4. The molecule has 6 heteroatoms. The molecule has 1 saturated carbocycles. The van der Waals surface area contributed by atoms with Crippen molar-refractivity contribution in [2.24, 2.45) is 7.05 Å². The maximum Gasteiger partial charge on any atom is 0.198 e. The minimum absolute atomic E-state index is 0.635. The van der Waals surface area contributed by atoms with Gasteiger partial charge in [-0.15, -0.1) is 0 Å². The first-order chi connectivity index (χ1) is 11.6. The Kier molecular flexibility index (Phi) is 4.18. The van der Waals surface area contributed by atoms with Crippen molar-refractivity contribution < 1.29 is 0 Å². The minimum Gasteiger partial charge on any atom is -0.369 e. The molecule has 1 aliphatic carbocycles. The zero-order chi connectivity index (χ0) is 16.7. The molecule has 1 saturated heterocycles. The van der Waals surface area contributed by atoms with Gasteiger partial charge < -0.3 is 9.47 Å². The molecule has 0 bridgehead atoms. The number of aryl methyl sites for hydroxylation is 1. The van der Waals surface area contributed by atoms with Gasteiger partial charge in [0.1, 0.15) is 5.82 Å². The molecule has 1 aromatic heterocycles. The molecule has 0 spiro atoms. The summed E-state index contributed by atoms with van der Waals surface area (Å²) in [5.41, 5.74) is 2.66. The monoisotopic (exact) mass is 343 g/mol. The maximum atomic E-state index is 5.57. The molecule has 0 amide bonds. The molecule has 5 nitrogen and oxygen atoms in total. The number of anilines is 1. The number of piperazine rings is 1. The zero-order valence-electron chi connectivity index (χ0n) is 14.5. The highest BCUT2D eigenvalue weighted by Crippen LogP contribution is 2.38. The van der Waals surface area contributed by atoms with Gasteiger partial charge in [-0.05, 0) is 49.7 Å². The van der Waals surface area contributed by atoms with Crippen molar-refractivity contribution in [1.82, 2.24) is 19.2 Å². The van der Waals surface area contributed by atoms with E-state index in [0.29, 0.717) is 5.92 Å². The molecule has 0 radical (unpaired) electrons. The third-order valence-electron chi connectivity index (χ3n) is 5.09. The summed E-state index contributed by atoms with van der Waals surface area (Å²) in [6.45, 7) is 7.16. The lowest BCUT2D eigenvalue weighted by molar-refractivity contribution is 0.194. The number of benzene rings is 1. The Balaban J connectivity index is 1.40. The summed E-state index contributed by atoms with van der Waals surface area (Å²) in [5, 5.41) is 4.77. The van der Waals surface area contributed by atoms with Crippen LogP contribution in [0.1, 0.15) is 30.1 Å². The highest BCUT2D eigenvalue weighted by atomic mass is 32.1. The van der Waals surface area contributed by atoms with E-state index in [0.717, 1.165) is 37.6 Å². The van der Waals surface area contributed by atoms with Gasteiger partial charge in [-0.2, -0.15) is 5.10 Å². The van der Waals surface area contributed by atoms with Gasteiger partial charge in [0, 0.05) is 44.8 Å². The van der Waals surface area contributed by atoms with Crippen molar-refractivity contribution >= 4 is 17.9 Å². The Morgan fingerprint density at radius 3 is 2.58 bits per heavy atom. The first-order valence-electron chi connectivity index (χ1n) is 8.79. The topological polar surface area (TPSA) is 29.2 Å². The molecular formula is C18H25N5S. The summed E-state index contributed by atoms with van der Waals surface area (Å²) in [7, 11) is 2.05. The SMILES string of the molecule is Cc1cccc(N2CCN(Cn3nc(C4CC4)n(C)c3=S)CC2)c1. The van der Waals surface area contributed by atoms with Crippen LogP contribution in [0.4, 0.5) is 5.69 Å². The van der Waals surface area contributed by atoms with E-state index in [1.54, 1.807) is 0 Å². The fourth-order valence-electron chi connectivity index (χ4n) is 3.46. The smallest absolute Gasteiger partial charge is 0.198 e. The second-order valence-corrected chi connectivity index (χ2v) is 7.42. The summed E-state index contributed by atoms with van der Waals surface area (Å²) in [4.78, 5) is 4.92. The quantitative estimate of drug-likeness (QED) is 0.798. The highest BCUT2D eigenvalue weighted by molar-refractivity contribution is 7.71. The van der Waals surface area contributed by atoms with Gasteiger partial charge in [0.15, 0.2) is 4.77 Å². The van der Waals surface area contributed by atoms with Crippen molar-refractivity contribution in [1.29, 1.82) is 0 Å². The highest BCUT2D eigenvalue weighted by Gasteiger charge is 2.29. The summed E-state index contributed by atoms with van der Waals surface area (Å²) >= 11 is 5.57. The van der Waals surface area contributed by atoms with Crippen LogP contribution in [0.2, 0.25) is 0 Å². The van der Waals surface area contributed by atoms with E-state index in [1.165, 1.54) is 29.9 Å². The predicted molar refractivity (Wildman–Crippen MR) is 99.0 cm³/mol. The fraction of sp³-hybridized carbons (Fsp3) is 0.556. The van der Waals surface area contributed by atoms with Gasteiger partial charge in [0.2, 0.25) is 0 Å². The van der Waals surface area contributed by atoms with Gasteiger partial charge in [-0.3, -0.25) is 4.90 Å². The molecule has 0 unspecified atom stereocenters. The molecule has 2 heterocycles. The van der Waals surface area contributed by atoms with E-state index >= 15 is 0 Å².